The molecule has 0 bridgehead atoms. The second-order valence-corrected chi connectivity index (χ2v) is 22.0. The predicted molar refractivity (Wildman–Crippen MR) is 175 cm³/mol. The minimum atomic E-state index is -7.08. The molecule has 4 aliphatic rings. The van der Waals surface area contributed by atoms with Gasteiger partial charge in [-0.2, -0.15) is 39.1 Å². The number of fused-ring (bicyclic) bond motifs is 1. The molecule has 0 radical (unpaired) electrons. The molecule has 17 heteroatoms. The lowest BCUT2D eigenvalue weighted by molar-refractivity contribution is -0.247. The summed E-state index contributed by atoms with van der Waals surface area (Å²) in [5, 5.41) is -13.3. The molecule has 2 aliphatic carbocycles. The van der Waals surface area contributed by atoms with Crippen LogP contribution in [-0.4, -0.2) is 97.2 Å². The standard InChI is InChI=1S/C32H45F6NO7S3/c1-21(47(2)17-15-46-16-18-47)29(40)23-11-9-22(10-12-23)24-5-3-6-25(19-24)27-8-4-7-26-20-39(14-13-28(26)27)48(41,42)31(35,36)30(33,34)32(37,38)49(43,44)45/h9-12,21,24-28H,3-8,13-20H2,1-2H3,(H,43,44,45). The van der Waals surface area contributed by atoms with Crippen LogP contribution in [0, 0.1) is 23.7 Å². The number of benzene rings is 1. The lowest BCUT2D eigenvalue weighted by atomic mass is 9.60. The van der Waals surface area contributed by atoms with E-state index >= 15 is 0 Å². The van der Waals surface area contributed by atoms with Crippen LogP contribution in [-0.2, 0) is 24.9 Å². The summed E-state index contributed by atoms with van der Waals surface area (Å²) < 4.78 is 147. The smallest absolute Gasteiger partial charge is 0.380 e. The first-order valence-corrected chi connectivity index (χ1v) is 22.0. The predicted octanol–water partition coefficient (Wildman–Crippen LogP) is 6.77. The number of ketones is 1. The fourth-order valence-corrected chi connectivity index (χ4v) is 13.2. The zero-order chi connectivity index (χ0) is 36.2. The van der Waals surface area contributed by atoms with Gasteiger partial charge in [0.25, 0.3) is 10.0 Å². The van der Waals surface area contributed by atoms with Crippen molar-refractivity contribution in [3.63, 3.8) is 0 Å². The van der Waals surface area contributed by atoms with E-state index in [1.165, 1.54) is 0 Å². The number of piperidine rings is 1. The van der Waals surface area contributed by atoms with Crippen molar-refractivity contribution in [3.8, 4) is 0 Å². The number of alkyl halides is 6. The first-order valence-electron chi connectivity index (χ1n) is 16.7. The summed E-state index contributed by atoms with van der Waals surface area (Å²) in [5.41, 5.74) is 1.81. The van der Waals surface area contributed by atoms with Crippen molar-refractivity contribution in [1.29, 1.82) is 0 Å². The molecule has 0 spiro atoms. The van der Waals surface area contributed by atoms with Gasteiger partial charge in [0.15, 0.2) is 5.78 Å². The summed E-state index contributed by atoms with van der Waals surface area (Å²) in [6.45, 7) is 2.19. The topological polar surface area (TPSA) is 118 Å². The molecule has 49 heavy (non-hydrogen) atoms. The molecule has 0 amide bonds. The van der Waals surface area contributed by atoms with Gasteiger partial charge >= 0.3 is 26.5 Å². The van der Waals surface area contributed by atoms with Crippen molar-refractivity contribution >= 4 is 36.0 Å². The fourth-order valence-electron chi connectivity index (χ4n) is 8.56. The minimum Gasteiger partial charge on any atom is -0.380 e. The van der Waals surface area contributed by atoms with Crippen LogP contribution in [0.15, 0.2) is 24.3 Å². The van der Waals surface area contributed by atoms with Gasteiger partial charge in [0.05, 0.1) is 13.2 Å². The number of halogens is 6. The van der Waals surface area contributed by atoms with Crippen LogP contribution >= 0.6 is 10.0 Å². The Labute approximate surface area is 285 Å². The summed E-state index contributed by atoms with van der Waals surface area (Å²) in [6.07, 6.45) is 7.85. The molecule has 0 aromatic heterocycles. The van der Waals surface area contributed by atoms with Crippen molar-refractivity contribution in [2.45, 2.75) is 85.9 Å². The van der Waals surface area contributed by atoms with Gasteiger partial charge in [-0.05, 0) is 80.4 Å². The van der Waals surface area contributed by atoms with Gasteiger partial charge in [0.1, 0.15) is 0 Å². The molecular weight excluding hydrogens is 721 g/mol. The molecule has 1 aromatic carbocycles. The number of hydrogen-bond donors (Lipinski definition) is 1. The number of rotatable bonds is 10. The maximum absolute atomic E-state index is 14.7. The molecule has 4 fully saturated rings. The third kappa shape index (κ3) is 6.94. The highest BCUT2D eigenvalue weighted by molar-refractivity contribution is 8.34. The lowest BCUT2D eigenvalue weighted by Gasteiger charge is -2.49. The van der Waals surface area contributed by atoms with Crippen LogP contribution in [0.5, 0.6) is 0 Å². The second-order valence-electron chi connectivity index (χ2n) is 14.4. The summed E-state index contributed by atoms with van der Waals surface area (Å²) >= 11 is 0. The maximum Gasteiger partial charge on any atom is 0.439 e. The van der Waals surface area contributed by atoms with Gasteiger partial charge in [-0.25, -0.2) is 18.4 Å². The molecule has 2 saturated carbocycles. The molecule has 280 valence electrons. The van der Waals surface area contributed by atoms with Gasteiger partial charge in [-0.1, -0.05) is 43.5 Å². The van der Waals surface area contributed by atoms with E-state index in [-0.39, 0.29) is 45.4 Å². The summed E-state index contributed by atoms with van der Waals surface area (Å²) in [5.74, 6) is -4.94. The zero-order valence-corrected chi connectivity index (χ0v) is 30.0. The number of Topliss-reactive ketones (excluding diaryl/α,β-unsaturated/α-hetero) is 1. The number of carbonyl (C=O) groups is 1. The summed E-state index contributed by atoms with van der Waals surface area (Å²) in [4.78, 5) is 13.4. The van der Waals surface area contributed by atoms with Gasteiger partial charge < -0.3 is 4.74 Å². The van der Waals surface area contributed by atoms with Crippen LogP contribution in [0.25, 0.3) is 0 Å². The summed E-state index contributed by atoms with van der Waals surface area (Å²) in [7, 11) is -14.6. The average Bonchev–Trinajstić information content (AvgIpc) is 3.06. The van der Waals surface area contributed by atoms with Gasteiger partial charge in [0.2, 0.25) is 0 Å². The molecule has 2 saturated heterocycles. The van der Waals surface area contributed by atoms with Crippen LogP contribution in [0.1, 0.15) is 80.1 Å². The van der Waals surface area contributed by atoms with Gasteiger partial charge in [-0.3, -0.25) is 9.35 Å². The Bertz CT molecular complexity index is 1590. The van der Waals surface area contributed by atoms with E-state index in [1.54, 1.807) is 0 Å². The van der Waals surface area contributed by atoms with Crippen LogP contribution in [0.3, 0.4) is 0 Å². The zero-order valence-electron chi connectivity index (χ0n) is 27.5. The van der Waals surface area contributed by atoms with E-state index in [9.17, 15) is 48.0 Å². The fraction of sp³-hybridized carbons (Fsp3) is 0.781. The number of hydrogen-bond acceptors (Lipinski definition) is 6. The largest absolute Gasteiger partial charge is 0.439 e. The SMILES string of the molecule is CC(C(=O)c1ccc(C2CCCC(C3CCCC4CN(S(=O)(=O)C(F)(F)C(F)(F)C(F)(F)S(=O)(=O)O)CCC43)C2)cc1)S1(C)CCOCC1. The van der Waals surface area contributed by atoms with Crippen LogP contribution < -0.4 is 0 Å². The molecule has 5 rings (SSSR count). The van der Waals surface area contributed by atoms with E-state index in [0.717, 1.165) is 49.2 Å². The Morgan fingerprint density at radius 1 is 0.878 bits per heavy atom. The third-order valence-electron chi connectivity index (χ3n) is 11.7. The molecule has 1 N–H and O–H groups in total. The highest BCUT2D eigenvalue weighted by Crippen LogP contribution is 2.54. The van der Waals surface area contributed by atoms with E-state index in [1.807, 2.05) is 31.2 Å². The Morgan fingerprint density at radius 2 is 1.45 bits per heavy atom. The highest BCUT2D eigenvalue weighted by atomic mass is 32.3. The first-order chi connectivity index (χ1) is 22.7. The van der Waals surface area contributed by atoms with E-state index in [0.29, 0.717) is 31.6 Å². The second kappa shape index (κ2) is 13.9. The van der Waals surface area contributed by atoms with E-state index < -0.39 is 65.6 Å². The molecule has 6 atom stereocenters. The average molecular weight is 766 g/mol. The Balaban J connectivity index is 1.25. The van der Waals surface area contributed by atoms with E-state index in [4.69, 9.17) is 9.29 Å². The van der Waals surface area contributed by atoms with Gasteiger partial charge in [-0.15, -0.1) is 0 Å². The third-order valence-corrected chi connectivity index (χ3v) is 18.7. The highest BCUT2D eigenvalue weighted by Gasteiger charge is 2.82. The van der Waals surface area contributed by atoms with Crippen molar-refractivity contribution in [2.24, 2.45) is 23.7 Å². The quantitative estimate of drug-likeness (QED) is 0.159. The van der Waals surface area contributed by atoms with Crippen LogP contribution in [0.4, 0.5) is 26.3 Å². The molecule has 2 aliphatic heterocycles. The maximum atomic E-state index is 14.7. The minimum absolute atomic E-state index is 0.0636. The van der Waals surface area contributed by atoms with E-state index in [2.05, 4.69) is 6.26 Å². The number of carbonyl (C=O) groups excluding carboxylic acids is 1. The number of nitrogens with zero attached hydrogens (tertiary/aromatic N) is 1. The number of sulfonamides is 1. The van der Waals surface area contributed by atoms with Gasteiger partial charge in [0, 0.05) is 35.4 Å². The molecule has 1 aromatic rings. The van der Waals surface area contributed by atoms with Crippen molar-refractivity contribution in [2.75, 3.05) is 44.1 Å². The lowest BCUT2D eigenvalue weighted by Crippen LogP contribution is -2.64. The van der Waals surface area contributed by atoms with Crippen molar-refractivity contribution < 1.29 is 57.3 Å². The first kappa shape index (κ1) is 38.8. The normalized spacial score (nSPS) is 30.6. The molecule has 2 heterocycles. The van der Waals surface area contributed by atoms with Crippen LogP contribution in [0.2, 0.25) is 0 Å². The molecule has 8 nitrogen and oxygen atoms in total. The summed E-state index contributed by atoms with van der Waals surface area (Å²) in [6, 6.07) is 7.84. The van der Waals surface area contributed by atoms with Crippen molar-refractivity contribution in [1.82, 2.24) is 4.31 Å². The Kier molecular flexibility index (Phi) is 11.0. The van der Waals surface area contributed by atoms with Crippen molar-refractivity contribution in [3.05, 3.63) is 35.4 Å². The number of ether oxygens (including phenoxy) is 1. The monoisotopic (exact) mass is 765 g/mol. The Hall–Kier alpha value is -1.40. The Morgan fingerprint density at radius 3 is 2.06 bits per heavy atom. The molecule has 6 unspecified atom stereocenters. The molecular formula is C32H45F6NO7S3.